The number of hydrogen-bond acceptors (Lipinski definition) is 7. The number of fused-ring (bicyclic) bond motifs is 1. The van der Waals surface area contributed by atoms with Crippen LogP contribution >= 0.6 is 0 Å². The van der Waals surface area contributed by atoms with Crippen LogP contribution in [0, 0.1) is 0 Å². The van der Waals surface area contributed by atoms with Gasteiger partial charge in [0.1, 0.15) is 6.04 Å². The second-order valence-corrected chi connectivity index (χ2v) is 11.6. The Labute approximate surface area is 273 Å². The van der Waals surface area contributed by atoms with E-state index in [0.29, 0.717) is 19.4 Å². The predicted molar refractivity (Wildman–Crippen MR) is 176 cm³/mol. The number of nitrogens with zero attached hydrogens (tertiary/aromatic N) is 2. The van der Waals surface area contributed by atoms with Crippen molar-refractivity contribution >= 4 is 23.0 Å². The van der Waals surface area contributed by atoms with Gasteiger partial charge in [-0.25, -0.2) is 14.6 Å². The molecule has 47 heavy (non-hydrogen) atoms. The maximum Gasteiger partial charge on any atom is 0.328 e. The van der Waals surface area contributed by atoms with Crippen molar-refractivity contribution in [3.05, 3.63) is 137 Å². The summed E-state index contributed by atoms with van der Waals surface area (Å²) in [5.41, 5.74) is 6.47. The third kappa shape index (κ3) is 8.04. The molecule has 0 bridgehead atoms. The van der Waals surface area contributed by atoms with E-state index >= 15 is 0 Å². The number of ether oxygens (including phenoxy) is 3. The summed E-state index contributed by atoms with van der Waals surface area (Å²) in [6.07, 6.45) is 1.82. The van der Waals surface area contributed by atoms with Gasteiger partial charge in [-0.3, -0.25) is 0 Å². The van der Waals surface area contributed by atoms with E-state index in [0.717, 1.165) is 38.9 Å². The molecule has 3 N–H and O–H groups in total. The molecule has 1 aliphatic rings. The number of nitrogens with one attached hydrogen (secondary N) is 2. The SMILES string of the molecule is COC(=O)C(Cc1ccccc1)NC(=O)NCc1ccc(C2OC(Cn3cnc4ccccc43)CC(c3ccc(CO)cc3)O2)cc1. The molecule has 2 heterocycles. The van der Waals surface area contributed by atoms with E-state index in [2.05, 4.69) is 26.3 Å². The number of aliphatic hydroxyl groups is 1. The second-order valence-electron chi connectivity index (χ2n) is 11.6. The number of esters is 1. The standard InChI is InChI=1S/C37H38N4O6/c1-45-35(43)32(19-25-7-3-2-4-8-25)40-37(44)38-21-26-11-17-29(18-12-26)36-46-30(22-41-24-39-31-9-5-6-10-33(31)41)20-34(47-36)28-15-13-27(23-42)14-16-28/h2-18,24,30,32,34,36,42H,19-23H2,1H3,(H2,38,40,44). The Hall–Kier alpha value is -5.03. The van der Waals surface area contributed by atoms with Crippen LogP contribution in [0.25, 0.3) is 11.0 Å². The van der Waals surface area contributed by atoms with Gasteiger partial charge in [-0.15, -0.1) is 0 Å². The van der Waals surface area contributed by atoms with Crippen LogP contribution in [0.15, 0.2) is 109 Å². The fraction of sp³-hybridized carbons (Fsp3) is 0.270. The van der Waals surface area contributed by atoms with Crippen molar-refractivity contribution in [2.24, 2.45) is 0 Å². The highest BCUT2D eigenvalue weighted by molar-refractivity contribution is 5.83. The molecule has 242 valence electrons. The van der Waals surface area contributed by atoms with Crippen LogP contribution in [0.2, 0.25) is 0 Å². The fourth-order valence-electron chi connectivity index (χ4n) is 5.78. The molecule has 2 amide bonds. The highest BCUT2D eigenvalue weighted by Gasteiger charge is 2.32. The van der Waals surface area contributed by atoms with Crippen molar-refractivity contribution in [3.8, 4) is 0 Å². The summed E-state index contributed by atoms with van der Waals surface area (Å²) >= 11 is 0. The number of rotatable bonds is 11. The maximum atomic E-state index is 12.7. The quantitative estimate of drug-likeness (QED) is 0.167. The van der Waals surface area contributed by atoms with Crippen molar-refractivity contribution in [2.45, 2.75) is 57.1 Å². The van der Waals surface area contributed by atoms with Crippen LogP contribution in [-0.4, -0.2) is 45.9 Å². The molecule has 1 aromatic heterocycles. The van der Waals surface area contributed by atoms with Crippen LogP contribution in [0.3, 0.4) is 0 Å². The molecule has 0 radical (unpaired) electrons. The van der Waals surface area contributed by atoms with Crippen molar-refractivity contribution < 1.29 is 28.9 Å². The molecule has 1 fully saturated rings. The van der Waals surface area contributed by atoms with Gasteiger partial charge in [0.05, 0.1) is 49.8 Å². The number of methoxy groups -OCH3 is 1. The first-order chi connectivity index (χ1) is 23.0. The first kappa shape index (κ1) is 31.9. The van der Waals surface area contributed by atoms with Crippen molar-refractivity contribution in [3.63, 3.8) is 0 Å². The van der Waals surface area contributed by atoms with Crippen molar-refractivity contribution in [2.75, 3.05) is 7.11 Å². The molecular weight excluding hydrogens is 596 g/mol. The zero-order chi connectivity index (χ0) is 32.6. The number of urea groups is 1. The lowest BCUT2D eigenvalue weighted by molar-refractivity contribution is -0.252. The normalized spacial score (nSPS) is 18.4. The van der Waals surface area contributed by atoms with E-state index < -0.39 is 24.3 Å². The molecule has 0 spiro atoms. The Kier molecular flexibility index (Phi) is 10.2. The molecule has 0 saturated carbocycles. The van der Waals surface area contributed by atoms with Gasteiger partial charge in [-0.2, -0.15) is 0 Å². The molecule has 1 aliphatic heterocycles. The van der Waals surface area contributed by atoms with E-state index in [-0.39, 0.29) is 25.4 Å². The van der Waals surface area contributed by atoms with Crippen LogP contribution in [-0.2, 0) is 45.1 Å². The summed E-state index contributed by atoms with van der Waals surface area (Å²) in [5, 5.41) is 15.1. The number of amides is 2. The van der Waals surface area contributed by atoms with E-state index in [1.54, 1.807) is 0 Å². The summed E-state index contributed by atoms with van der Waals surface area (Å²) < 4.78 is 20.0. The molecule has 0 aliphatic carbocycles. The fourth-order valence-corrected chi connectivity index (χ4v) is 5.78. The number of carbonyl (C=O) groups excluding carboxylic acids is 2. The van der Waals surface area contributed by atoms with E-state index in [1.807, 2.05) is 103 Å². The van der Waals surface area contributed by atoms with Gasteiger partial charge in [-0.1, -0.05) is 91.0 Å². The lowest BCUT2D eigenvalue weighted by Crippen LogP contribution is -2.47. The topological polar surface area (TPSA) is 124 Å². The Balaban J connectivity index is 1.12. The smallest absolute Gasteiger partial charge is 0.328 e. The third-order valence-electron chi connectivity index (χ3n) is 8.32. The summed E-state index contributed by atoms with van der Waals surface area (Å²) in [6.45, 7) is 0.851. The number of aromatic nitrogens is 2. The second kappa shape index (κ2) is 15.0. The van der Waals surface area contributed by atoms with Gasteiger partial charge in [0.15, 0.2) is 6.29 Å². The lowest BCUT2D eigenvalue weighted by atomic mass is 9.99. The number of hydrogen-bond donors (Lipinski definition) is 3. The molecule has 4 atom stereocenters. The Morgan fingerprint density at radius 3 is 2.34 bits per heavy atom. The van der Waals surface area contributed by atoms with Gasteiger partial charge >= 0.3 is 12.0 Å². The van der Waals surface area contributed by atoms with E-state index in [4.69, 9.17) is 14.2 Å². The minimum absolute atomic E-state index is 0.0176. The molecular formula is C37H38N4O6. The highest BCUT2D eigenvalue weighted by atomic mass is 16.7. The number of aliphatic hydroxyl groups excluding tert-OH is 1. The number of carbonyl (C=O) groups is 2. The number of benzene rings is 4. The van der Waals surface area contributed by atoms with Gasteiger partial charge in [0.2, 0.25) is 0 Å². The monoisotopic (exact) mass is 634 g/mol. The minimum atomic E-state index is -0.814. The first-order valence-electron chi connectivity index (χ1n) is 15.6. The third-order valence-corrected chi connectivity index (χ3v) is 8.32. The predicted octanol–water partition coefficient (Wildman–Crippen LogP) is 5.36. The molecule has 10 nitrogen and oxygen atoms in total. The molecule has 4 unspecified atom stereocenters. The van der Waals surface area contributed by atoms with Crippen LogP contribution in [0.1, 0.15) is 46.6 Å². The number of imidazole rings is 1. The molecule has 5 aromatic rings. The average Bonchev–Trinajstić information content (AvgIpc) is 3.53. The summed E-state index contributed by atoms with van der Waals surface area (Å²) in [6, 6.07) is 31.7. The lowest BCUT2D eigenvalue weighted by Gasteiger charge is -2.36. The van der Waals surface area contributed by atoms with Gasteiger partial charge in [0, 0.05) is 24.9 Å². The van der Waals surface area contributed by atoms with E-state index in [1.165, 1.54) is 7.11 Å². The average molecular weight is 635 g/mol. The summed E-state index contributed by atoms with van der Waals surface area (Å²) in [7, 11) is 1.30. The largest absolute Gasteiger partial charge is 0.467 e. The minimum Gasteiger partial charge on any atom is -0.467 e. The van der Waals surface area contributed by atoms with Crippen molar-refractivity contribution in [1.82, 2.24) is 20.2 Å². The van der Waals surface area contributed by atoms with Crippen LogP contribution in [0.4, 0.5) is 4.79 Å². The van der Waals surface area contributed by atoms with Gasteiger partial charge in [0.25, 0.3) is 0 Å². The number of para-hydroxylation sites is 2. The Morgan fingerprint density at radius 2 is 1.60 bits per heavy atom. The Morgan fingerprint density at radius 1 is 0.894 bits per heavy atom. The van der Waals surface area contributed by atoms with Crippen LogP contribution in [0.5, 0.6) is 0 Å². The van der Waals surface area contributed by atoms with Crippen molar-refractivity contribution in [1.29, 1.82) is 0 Å². The van der Waals surface area contributed by atoms with Crippen LogP contribution < -0.4 is 10.6 Å². The van der Waals surface area contributed by atoms with E-state index in [9.17, 15) is 14.7 Å². The zero-order valence-electron chi connectivity index (χ0n) is 26.1. The van der Waals surface area contributed by atoms with Gasteiger partial charge in [-0.05, 0) is 34.4 Å². The zero-order valence-corrected chi connectivity index (χ0v) is 26.1. The summed E-state index contributed by atoms with van der Waals surface area (Å²) in [4.78, 5) is 29.6. The maximum absolute atomic E-state index is 12.7. The molecule has 6 rings (SSSR count). The summed E-state index contributed by atoms with van der Waals surface area (Å²) in [5.74, 6) is -0.511. The first-order valence-corrected chi connectivity index (χ1v) is 15.6. The highest BCUT2D eigenvalue weighted by Crippen LogP contribution is 2.38. The van der Waals surface area contributed by atoms with Gasteiger partial charge < -0.3 is 34.5 Å². The Bertz CT molecular complexity index is 1770. The molecule has 10 heteroatoms. The molecule has 1 saturated heterocycles. The molecule has 4 aromatic carbocycles.